The van der Waals surface area contributed by atoms with Crippen LogP contribution in [-0.2, 0) is 19.1 Å². The number of ketones is 2. The first-order valence-electron chi connectivity index (χ1n) is 19.3. The molecule has 0 bridgehead atoms. The molecule has 254 valence electrons. The van der Waals surface area contributed by atoms with E-state index in [9.17, 15) is 14.4 Å². The third kappa shape index (κ3) is 5.05. The third-order valence-electron chi connectivity index (χ3n) is 16.7. The van der Waals surface area contributed by atoms with E-state index >= 15 is 0 Å². The smallest absolute Gasteiger partial charge is 0.309 e. The molecular formula is C41H66O4. The van der Waals surface area contributed by atoms with Crippen molar-refractivity contribution in [2.24, 2.45) is 68.5 Å². The molecule has 45 heavy (non-hydrogen) atoms. The summed E-state index contributed by atoms with van der Waals surface area (Å²) in [4.78, 5) is 39.4. The summed E-state index contributed by atoms with van der Waals surface area (Å²) in [6.07, 6.45) is 18.0. The number of hydrogen-bond donors (Lipinski definition) is 0. The maximum absolute atomic E-state index is 14.1. The van der Waals surface area contributed by atoms with Crippen LogP contribution < -0.4 is 0 Å². The van der Waals surface area contributed by atoms with E-state index in [1.165, 1.54) is 51.4 Å². The molecule has 0 heterocycles. The second-order valence-corrected chi connectivity index (χ2v) is 19.0. The van der Waals surface area contributed by atoms with Crippen molar-refractivity contribution in [3.63, 3.8) is 0 Å². The van der Waals surface area contributed by atoms with Crippen LogP contribution >= 0.6 is 0 Å². The van der Waals surface area contributed by atoms with Gasteiger partial charge in [-0.15, -0.1) is 0 Å². The largest absolute Gasteiger partial charge is 0.462 e. The molecule has 0 aromatic rings. The maximum Gasteiger partial charge on any atom is 0.309 e. The van der Waals surface area contributed by atoms with Crippen LogP contribution in [0.15, 0.2) is 0 Å². The second-order valence-electron chi connectivity index (χ2n) is 19.0. The van der Waals surface area contributed by atoms with Crippen LogP contribution in [-0.4, -0.2) is 23.6 Å². The fourth-order valence-electron chi connectivity index (χ4n) is 14.2. The van der Waals surface area contributed by atoms with Gasteiger partial charge in [0.1, 0.15) is 17.7 Å². The number of esters is 1. The molecule has 4 nitrogen and oxygen atoms in total. The summed E-state index contributed by atoms with van der Waals surface area (Å²) in [6.45, 7) is 19.3. The van der Waals surface area contributed by atoms with Crippen molar-refractivity contribution in [2.45, 2.75) is 171 Å². The van der Waals surface area contributed by atoms with E-state index < -0.39 is 0 Å². The van der Waals surface area contributed by atoms with Gasteiger partial charge in [-0.3, -0.25) is 9.59 Å². The molecule has 4 heteroatoms. The fourth-order valence-corrected chi connectivity index (χ4v) is 14.2. The van der Waals surface area contributed by atoms with Crippen LogP contribution in [0.3, 0.4) is 0 Å². The number of hydrogen-bond acceptors (Lipinski definition) is 4. The quantitative estimate of drug-likeness (QED) is 0.265. The van der Waals surface area contributed by atoms with Crippen molar-refractivity contribution in [1.29, 1.82) is 0 Å². The van der Waals surface area contributed by atoms with Crippen LogP contribution in [0.25, 0.3) is 0 Å². The molecule has 0 aliphatic heterocycles. The molecule has 6 fully saturated rings. The number of carbonyl (C=O) groups excluding carboxylic acids is 3. The van der Waals surface area contributed by atoms with Gasteiger partial charge in [0, 0.05) is 23.7 Å². The van der Waals surface area contributed by atoms with Crippen LogP contribution in [0, 0.1) is 68.5 Å². The summed E-state index contributed by atoms with van der Waals surface area (Å²) < 4.78 is 6.46. The van der Waals surface area contributed by atoms with Crippen molar-refractivity contribution >= 4 is 17.5 Å². The molecule has 0 spiro atoms. The SMILES string of the molecule is CC(=O)CCC(=O)[C@]12CCC(C(C)C)C1C1CCC3[C@@]4(C)CC[C@@H](OC(=O)C5CCCCC5)C(C)(C)C4CC[C@@]3(C)[C@]1(C)CC2. The average molecular weight is 623 g/mol. The van der Waals surface area contributed by atoms with Gasteiger partial charge in [0.2, 0.25) is 0 Å². The Kier molecular flexibility index (Phi) is 8.80. The molecule has 0 aromatic heterocycles. The lowest BCUT2D eigenvalue weighted by Gasteiger charge is -2.73. The van der Waals surface area contributed by atoms with Crippen molar-refractivity contribution in [3.05, 3.63) is 0 Å². The minimum absolute atomic E-state index is 0.0184. The number of ether oxygens (including phenoxy) is 1. The molecule has 0 saturated heterocycles. The van der Waals surface area contributed by atoms with Crippen LogP contribution in [0.5, 0.6) is 0 Å². The van der Waals surface area contributed by atoms with Crippen molar-refractivity contribution in [2.75, 3.05) is 0 Å². The summed E-state index contributed by atoms with van der Waals surface area (Å²) >= 11 is 0. The molecule has 6 aliphatic carbocycles. The number of fused-ring (bicyclic) bond motifs is 7. The zero-order chi connectivity index (χ0) is 32.6. The minimum Gasteiger partial charge on any atom is -0.462 e. The van der Waals surface area contributed by atoms with E-state index in [1.807, 2.05) is 0 Å². The maximum atomic E-state index is 14.1. The predicted octanol–water partition coefficient (Wildman–Crippen LogP) is 10.2. The molecule has 6 rings (SSSR count). The molecule has 0 amide bonds. The minimum atomic E-state index is -0.207. The topological polar surface area (TPSA) is 60.4 Å². The van der Waals surface area contributed by atoms with Gasteiger partial charge in [-0.2, -0.15) is 0 Å². The van der Waals surface area contributed by atoms with Gasteiger partial charge in [-0.1, -0.05) is 67.7 Å². The Balaban J connectivity index is 1.27. The first kappa shape index (κ1) is 33.7. The monoisotopic (exact) mass is 622 g/mol. The van der Waals surface area contributed by atoms with Gasteiger partial charge in [-0.05, 0) is 136 Å². The Bertz CT molecular complexity index is 1160. The highest BCUT2D eigenvalue weighted by molar-refractivity contribution is 5.89. The second kappa shape index (κ2) is 11.7. The predicted molar refractivity (Wildman–Crippen MR) is 180 cm³/mol. The molecule has 5 unspecified atom stereocenters. The van der Waals surface area contributed by atoms with Gasteiger partial charge < -0.3 is 9.53 Å². The van der Waals surface area contributed by atoms with Crippen molar-refractivity contribution in [1.82, 2.24) is 0 Å². The number of carbonyl (C=O) groups is 3. The van der Waals surface area contributed by atoms with E-state index in [2.05, 4.69) is 48.5 Å². The first-order valence-corrected chi connectivity index (χ1v) is 19.3. The summed E-state index contributed by atoms with van der Waals surface area (Å²) in [6, 6.07) is 0. The van der Waals surface area contributed by atoms with Gasteiger partial charge in [0.15, 0.2) is 0 Å². The highest BCUT2D eigenvalue weighted by atomic mass is 16.5. The van der Waals surface area contributed by atoms with Crippen molar-refractivity contribution < 1.29 is 19.1 Å². The normalized spacial score (nSPS) is 46.0. The highest BCUT2D eigenvalue weighted by Crippen LogP contribution is 2.77. The Morgan fingerprint density at radius 2 is 1.42 bits per heavy atom. The van der Waals surface area contributed by atoms with E-state index in [0.717, 1.165) is 44.9 Å². The lowest BCUT2D eigenvalue weighted by Crippen LogP contribution is -2.67. The summed E-state index contributed by atoms with van der Waals surface area (Å²) in [7, 11) is 0. The Morgan fingerprint density at radius 3 is 2.09 bits per heavy atom. The molecule has 0 aromatic carbocycles. The molecule has 6 aliphatic rings. The van der Waals surface area contributed by atoms with E-state index in [4.69, 9.17) is 4.74 Å². The fraction of sp³-hybridized carbons (Fsp3) is 0.927. The first-order chi connectivity index (χ1) is 21.1. The standard InChI is InChI=1S/C41H66O4/c1-26(2)29-18-23-41(33(43)17-14-27(3)42)25-24-39(7)30(35(29)41)15-16-32-38(6)21-20-34(45-36(44)28-12-10-9-11-13-28)37(4,5)31(38)19-22-40(32,39)8/h26,28-32,34-35H,9-25H2,1-8H3/t29?,30?,31?,32?,34-,35?,38+,39-,40-,41-/m1/s1. The Labute approximate surface area is 275 Å². The zero-order valence-corrected chi connectivity index (χ0v) is 30.3. The zero-order valence-electron chi connectivity index (χ0n) is 30.3. The highest BCUT2D eigenvalue weighted by Gasteiger charge is 2.72. The van der Waals surface area contributed by atoms with E-state index in [0.29, 0.717) is 54.1 Å². The van der Waals surface area contributed by atoms with Gasteiger partial charge >= 0.3 is 5.97 Å². The van der Waals surface area contributed by atoms with E-state index in [1.54, 1.807) is 6.92 Å². The lowest BCUT2D eigenvalue weighted by molar-refractivity contribution is -0.250. The van der Waals surface area contributed by atoms with Crippen LogP contribution in [0.1, 0.15) is 165 Å². The van der Waals surface area contributed by atoms with Crippen molar-refractivity contribution in [3.8, 4) is 0 Å². The Morgan fingerprint density at radius 1 is 0.711 bits per heavy atom. The summed E-state index contributed by atoms with van der Waals surface area (Å²) in [5.41, 5.74) is 0.500. The molecule has 10 atom stereocenters. The molecule has 0 radical (unpaired) electrons. The molecular weight excluding hydrogens is 556 g/mol. The van der Waals surface area contributed by atoms with Gasteiger partial charge in [0.05, 0.1) is 5.92 Å². The summed E-state index contributed by atoms with van der Waals surface area (Å²) in [5.74, 6) is 4.24. The molecule has 0 N–H and O–H groups in total. The Hall–Kier alpha value is -1.19. The lowest BCUT2D eigenvalue weighted by atomic mass is 9.32. The van der Waals surface area contributed by atoms with Crippen LogP contribution in [0.4, 0.5) is 0 Å². The average Bonchev–Trinajstić information content (AvgIpc) is 3.39. The van der Waals surface area contributed by atoms with E-state index in [-0.39, 0.29) is 50.8 Å². The van der Waals surface area contributed by atoms with Gasteiger partial charge in [-0.25, -0.2) is 0 Å². The third-order valence-corrected chi connectivity index (χ3v) is 16.7. The summed E-state index contributed by atoms with van der Waals surface area (Å²) in [5, 5.41) is 0. The van der Waals surface area contributed by atoms with Gasteiger partial charge in [0.25, 0.3) is 0 Å². The van der Waals surface area contributed by atoms with Crippen LogP contribution in [0.2, 0.25) is 0 Å². The molecule has 6 saturated carbocycles. The number of Topliss-reactive ketones (excluding diaryl/α,β-unsaturated/α-hetero) is 2. The number of rotatable bonds is 7.